The molecule has 0 saturated carbocycles. The number of ether oxygens (including phenoxy) is 1. The summed E-state index contributed by atoms with van der Waals surface area (Å²) in [5, 5.41) is 3.29. The van der Waals surface area contributed by atoms with Gasteiger partial charge in [-0.15, -0.1) is 0 Å². The Labute approximate surface area is 100.0 Å². The van der Waals surface area contributed by atoms with Gasteiger partial charge in [0, 0.05) is 12.1 Å². The first-order chi connectivity index (χ1) is 8.25. The molecule has 0 radical (unpaired) electrons. The number of rotatable bonds is 4. The van der Waals surface area contributed by atoms with Gasteiger partial charge in [0.15, 0.2) is 0 Å². The van der Waals surface area contributed by atoms with Crippen molar-refractivity contribution in [3.8, 4) is 0 Å². The number of benzene rings is 1. The second-order valence-electron chi connectivity index (χ2n) is 4.46. The van der Waals surface area contributed by atoms with Crippen LogP contribution in [-0.2, 0) is 11.3 Å². The molecule has 1 saturated heterocycles. The van der Waals surface area contributed by atoms with Gasteiger partial charge in [-0.05, 0) is 43.5 Å². The molecule has 2 rings (SSSR count). The number of piperidine rings is 1. The van der Waals surface area contributed by atoms with Crippen molar-refractivity contribution >= 4 is 0 Å². The van der Waals surface area contributed by atoms with E-state index in [1.54, 1.807) is 0 Å². The van der Waals surface area contributed by atoms with Gasteiger partial charge in [-0.2, -0.15) is 0 Å². The van der Waals surface area contributed by atoms with E-state index in [1.807, 2.05) is 0 Å². The summed E-state index contributed by atoms with van der Waals surface area (Å²) < 4.78 is 31.6. The molecule has 17 heavy (non-hydrogen) atoms. The lowest BCUT2D eigenvalue weighted by Gasteiger charge is -2.22. The Morgan fingerprint density at radius 2 is 2.24 bits per heavy atom. The maximum atomic E-state index is 13.3. The minimum absolute atomic E-state index is 0.139. The van der Waals surface area contributed by atoms with Crippen LogP contribution in [0, 0.1) is 17.6 Å². The third-order valence-electron chi connectivity index (χ3n) is 3.02. The Kier molecular flexibility index (Phi) is 4.45. The molecule has 1 aromatic carbocycles. The molecule has 1 unspecified atom stereocenters. The van der Waals surface area contributed by atoms with Gasteiger partial charge in [-0.1, -0.05) is 0 Å². The van der Waals surface area contributed by atoms with Gasteiger partial charge in [-0.3, -0.25) is 0 Å². The maximum absolute atomic E-state index is 13.3. The molecule has 1 fully saturated rings. The van der Waals surface area contributed by atoms with Crippen LogP contribution in [0.1, 0.15) is 18.4 Å². The lowest BCUT2D eigenvalue weighted by molar-refractivity contribution is 0.0764. The van der Waals surface area contributed by atoms with Crippen LogP contribution in [0.4, 0.5) is 8.78 Å². The molecule has 1 N–H and O–H groups in total. The Bertz CT molecular complexity index is 364. The summed E-state index contributed by atoms with van der Waals surface area (Å²) in [6, 6.07) is 3.44. The number of halogens is 2. The van der Waals surface area contributed by atoms with Gasteiger partial charge in [0.25, 0.3) is 0 Å². The van der Waals surface area contributed by atoms with E-state index >= 15 is 0 Å². The molecule has 0 spiro atoms. The van der Waals surface area contributed by atoms with Crippen LogP contribution < -0.4 is 5.32 Å². The van der Waals surface area contributed by atoms with E-state index in [1.165, 1.54) is 6.07 Å². The van der Waals surface area contributed by atoms with Crippen LogP contribution in [0.2, 0.25) is 0 Å². The molecular formula is C13H17F2NO. The zero-order valence-corrected chi connectivity index (χ0v) is 9.72. The predicted molar refractivity (Wildman–Crippen MR) is 61.6 cm³/mol. The third kappa shape index (κ3) is 3.75. The van der Waals surface area contributed by atoms with Crippen LogP contribution in [0.25, 0.3) is 0 Å². The van der Waals surface area contributed by atoms with Gasteiger partial charge in [0.2, 0.25) is 0 Å². The standard InChI is InChI=1S/C13H17F2NO/c14-12-3-4-13(15)11(6-12)9-17-8-10-2-1-5-16-7-10/h3-4,6,10,16H,1-2,5,7-9H2. The fraction of sp³-hybridized carbons (Fsp3) is 0.538. The molecule has 1 aromatic rings. The normalized spacial score (nSPS) is 20.5. The quantitative estimate of drug-likeness (QED) is 0.874. The molecule has 94 valence electrons. The van der Waals surface area contributed by atoms with Gasteiger partial charge < -0.3 is 10.1 Å². The average Bonchev–Trinajstić information content (AvgIpc) is 2.35. The smallest absolute Gasteiger partial charge is 0.128 e. The summed E-state index contributed by atoms with van der Waals surface area (Å²) in [4.78, 5) is 0. The summed E-state index contributed by atoms with van der Waals surface area (Å²) in [6.07, 6.45) is 2.29. The molecule has 1 aliphatic rings. The molecule has 2 nitrogen and oxygen atoms in total. The van der Waals surface area contributed by atoms with E-state index in [4.69, 9.17) is 4.74 Å². The highest BCUT2D eigenvalue weighted by Crippen LogP contribution is 2.14. The SMILES string of the molecule is Fc1ccc(F)c(COCC2CCCNC2)c1. The third-order valence-corrected chi connectivity index (χ3v) is 3.02. The molecule has 0 bridgehead atoms. The zero-order valence-electron chi connectivity index (χ0n) is 9.72. The predicted octanol–water partition coefficient (Wildman–Crippen LogP) is 2.48. The number of hydrogen-bond donors (Lipinski definition) is 1. The highest BCUT2D eigenvalue weighted by atomic mass is 19.1. The minimum Gasteiger partial charge on any atom is -0.376 e. The maximum Gasteiger partial charge on any atom is 0.128 e. The van der Waals surface area contributed by atoms with E-state index in [9.17, 15) is 8.78 Å². The minimum atomic E-state index is -0.427. The summed E-state index contributed by atoms with van der Waals surface area (Å²) >= 11 is 0. The van der Waals surface area contributed by atoms with E-state index in [0.29, 0.717) is 12.5 Å². The molecule has 0 aromatic heterocycles. The van der Waals surface area contributed by atoms with Crippen LogP contribution in [0.5, 0.6) is 0 Å². The monoisotopic (exact) mass is 241 g/mol. The Hall–Kier alpha value is -1.00. The van der Waals surface area contributed by atoms with E-state index in [-0.39, 0.29) is 12.2 Å². The van der Waals surface area contributed by atoms with Crippen molar-refractivity contribution in [1.82, 2.24) is 5.32 Å². The fourth-order valence-corrected chi connectivity index (χ4v) is 2.06. The van der Waals surface area contributed by atoms with Crippen molar-refractivity contribution in [3.63, 3.8) is 0 Å². The van der Waals surface area contributed by atoms with Gasteiger partial charge >= 0.3 is 0 Å². The van der Waals surface area contributed by atoms with Crippen molar-refractivity contribution in [2.45, 2.75) is 19.4 Å². The Balaban J connectivity index is 1.79. The van der Waals surface area contributed by atoms with E-state index in [0.717, 1.165) is 38.1 Å². The lowest BCUT2D eigenvalue weighted by Crippen LogP contribution is -2.32. The Morgan fingerprint density at radius 3 is 3.00 bits per heavy atom. The van der Waals surface area contributed by atoms with E-state index in [2.05, 4.69) is 5.32 Å². The molecular weight excluding hydrogens is 224 g/mol. The topological polar surface area (TPSA) is 21.3 Å². The first-order valence-corrected chi connectivity index (χ1v) is 5.98. The van der Waals surface area contributed by atoms with Crippen molar-refractivity contribution in [2.75, 3.05) is 19.7 Å². The summed E-state index contributed by atoms with van der Waals surface area (Å²) in [5.41, 5.74) is 0.286. The average molecular weight is 241 g/mol. The van der Waals surface area contributed by atoms with Crippen LogP contribution in [0.15, 0.2) is 18.2 Å². The lowest BCUT2D eigenvalue weighted by atomic mass is 10.0. The van der Waals surface area contributed by atoms with Crippen molar-refractivity contribution in [1.29, 1.82) is 0 Å². The van der Waals surface area contributed by atoms with Crippen molar-refractivity contribution < 1.29 is 13.5 Å². The molecule has 0 aliphatic carbocycles. The highest BCUT2D eigenvalue weighted by Gasteiger charge is 2.13. The summed E-state index contributed by atoms with van der Waals surface area (Å²) in [5.74, 6) is -0.349. The largest absolute Gasteiger partial charge is 0.376 e. The summed E-state index contributed by atoms with van der Waals surface area (Å²) in [6.45, 7) is 2.75. The first kappa shape index (κ1) is 12.5. The molecule has 1 atom stereocenters. The summed E-state index contributed by atoms with van der Waals surface area (Å²) in [7, 11) is 0. The van der Waals surface area contributed by atoms with Crippen LogP contribution in [0.3, 0.4) is 0 Å². The Morgan fingerprint density at radius 1 is 1.35 bits per heavy atom. The van der Waals surface area contributed by atoms with E-state index < -0.39 is 11.6 Å². The number of nitrogens with one attached hydrogen (secondary N) is 1. The van der Waals surface area contributed by atoms with Crippen molar-refractivity contribution in [2.24, 2.45) is 5.92 Å². The van der Waals surface area contributed by atoms with Gasteiger partial charge in [0.05, 0.1) is 13.2 Å². The number of hydrogen-bond acceptors (Lipinski definition) is 2. The molecule has 1 heterocycles. The van der Waals surface area contributed by atoms with Crippen molar-refractivity contribution in [3.05, 3.63) is 35.4 Å². The zero-order chi connectivity index (χ0) is 12.1. The second-order valence-corrected chi connectivity index (χ2v) is 4.46. The fourth-order valence-electron chi connectivity index (χ4n) is 2.06. The van der Waals surface area contributed by atoms with Crippen LogP contribution >= 0.6 is 0 Å². The van der Waals surface area contributed by atoms with Crippen LogP contribution in [-0.4, -0.2) is 19.7 Å². The highest BCUT2D eigenvalue weighted by molar-refractivity contribution is 5.17. The second kappa shape index (κ2) is 6.07. The molecule has 0 amide bonds. The molecule has 4 heteroatoms. The van der Waals surface area contributed by atoms with Gasteiger partial charge in [0.1, 0.15) is 11.6 Å². The van der Waals surface area contributed by atoms with Gasteiger partial charge in [-0.25, -0.2) is 8.78 Å². The first-order valence-electron chi connectivity index (χ1n) is 5.98. The molecule has 1 aliphatic heterocycles.